The normalized spacial score (nSPS) is 23.1. The van der Waals surface area contributed by atoms with Crippen molar-refractivity contribution in [1.82, 2.24) is 20.4 Å². The average molecular weight is 302 g/mol. The van der Waals surface area contributed by atoms with Crippen LogP contribution in [0.25, 0.3) is 0 Å². The summed E-state index contributed by atoms with van der Waals surface area (Å²) in [4.78, 5) is 27.4. The van der Waals surface area contributed by atoms with Gasteiger partial charge in [0.15, 0.2) is 0 Å². The Morgan fingerprint density at radius 2 is 1.35 bits per heavy atom. The minimum absolute atomic E-state index is 0.0850. The van der Waals surface area contributed by atoms with E-state index in [9.17, 15) is 9.59 Å². The van der Waals surface area contributed by atoms with E-state index >= 15 is 0 Å². The third-order valence-corrected chi connectivity index (χ3v) is 4.03. The van der Waals surface area contributed by atoms with E-state index in [1.54, 1.807) is 11.8 Å². The van der Waals surface area contributed by atoms with Gasteiger partial charge in [0, 0.05) is 24.6 Å². The molecule has 2 N–H and O–H groups in total. The van der Waals surface area contributed by atoms with E-state index < -0.39 is 0 Å². The van der Waals surface area contributed by atoms with Crippen molar-refractivity contribution in [3.05, 3.63) is 0 Å². The van der Waals surface area contributed by atoms with E-state index in [1.807, 2.05) is 23.9 Å². The van der Waals surface area contributed by atoms with Crippen LogP contribution in [0.2, 0.25) is 0 Å². The largest absolute Gasteiger partial charge is 0.354 e. The summed E-state index contributed by atoms with van der Waals surface area (Å²) in [5, 5.41) is 5.83. The summed E-state index contributed by atoms with van der Waals surface area (Å²) in [7, 11) is 3.90. The number of amides is 2. The van der Waals surface area contributed by atoms with Crippen molar-refractivity contribution in [2.24, 2.45) is 0 Å². The molecular weight excluding hydrogens is 276 g/mol. The average Bonchev–Trinajstić information content (AvgIpc) is 2.36. The van der Waals surface area contributed by atoms with Gasteiger partial charge in [0.25, 0.3) is 0 Å². The van der Waals surface area contributed by atoms with E-state index in [0.717, 1.165) is 31.0 Å². The Morgan fingerprint density at radius 1 is 0.900 bits per heavy atom. The summed E-state index contributed by atoms with van der Waals surface area (Å²) in [5.41, 5.74) is 0. The predicted octanol–water partition coefficient (Wildman–Crippen LogP) is -0.781. The second kappa shape index (κ2) is 10.0. The lowest BCUT2D eigenvalue weighted by molar-refractivity contribution is -0.122. The lowest BCUT2D eigenvalue weighted by atomic mass is 10.3. The Kier molecular flexibility index (Phi) is 8.64. The van der Waals surface area contributed by atoms with E-state index in [-0.39, 0.29) is 11.8 Å². The smallest absolute Gasteiger partial charge is 0.234 e. The highest BCUT2D eigenvalue weighted by Crippen LogP contribution is 1.97. The van der Waals surface area contributed by atoms with Gasteiger partial charge in [-0.3, -0.25) is 19.4 Å². The summed E-state index contributed by atoms with van der Waals surface area (Å²) in [6.45, 7) is 3.97. The number of carbonyl (C=O) groups excluding carboxylic acids is 2. The maximum absolute atomic E-state index is 11.7. The summed E-state index contributed by atoms with van der Waals surface area (Å²) < 4.78 is 0. The van der Waals surface area contributed by atoms with Gasteiger partial charge in [-0.2, -0.15) is 11.8 Å². The highest BCUT2D eigenvalue weighted by molar-refractivity contribution is 7.99. The van der Waals surface area contributed by atoms with Gasteiger partial charge in [-0.25, -0.2) is 0 Å². The van der Waals surface area contributed by atoms with Crippen LogP contribution in [0.3, 0.4) is 0 Å². The van der Waals surface area contributed by atoms with Crippen LogP contribution in [0.5, 0.6) is 0 Å². The molecule has 1 rings (SSSR count). The van der Waals surface area contributed by atoms with Crippen LogP contribution in [0, 0.1) is 0 Å². The number of nitrogens with zero attached hydrogens (tertiary/aromatic N) is 2. The van der Waals surface area contributed by atoms with Crippen LogP contribution >= 0.6 is 11.8 Å². The number of rotatable bonds is 0. The SMILES string of the molecule is CN1CCCN(C)CC(=O)NCCSCCNC(=O)C1. The lowest BCUT2D eigenvalue weighted by Gasteiger charge is -2.20. The molecule has 0 unspecified atom stereocenters. The van der Waals surface area contributed by atoms with Crippen molar-refractivity contribution in [3.8, 4) is 0 Å². The Labute approximate surface area is 125 Å². The molecule has 6 nitrogen and oxygen atoms in total. The second-order valence-corrected chi connectivity index (χ2v) is 6.37. The molecule has 1 saturated heterocycles. The van der Waals surface area contributed by atoms with E-state index in [0.29, 0.717) is 26.2 Å². The Bertz CT molecular complexity index is 287. The monoisotopic (exact) mass is 302 g/mol. The van der Waals surface area contributed by atoms with Crippen LogP contribution in [-0.2, 0) is 9.59 Å². The first kappa shape index (κ1) is 17.3. The molecule has 0 spiro atoms. The molecule has 1 fully saturated rings. The fraction of sp³-hybridized carbons (Fsp3) is 0.846. The van der Waals surface area contributed by atoms with Crippen molar-refractivity contribution < 1.29 is 9.59 Å². The van der Waals surface area contributed by atoms with Gasteiger partial charge in [-0.05, 0) is 33.6 Å². The van der Waals surface area contributed by atoms with Crippen molar-refractivity contribution in [1.29, 1.82) is 0 Å². The van der Waals surface area contributed by atoms with Gasteiger partial charge in [0.05, 0.1) is 13.1 Å². The molecule has 1 aliphatic heterocycles. The minimum atomic E-state index is 0.0850. The zero-order chi connectivity index (χ0) is 14.8. The fourth-order valence-corrected chi connectivity index (χ4v) is 2.69. The molecule has 7 heteroatoms. The number of thioether (sulfide) groups is 1. The maximum Gasteiger partial charge on any atom is 0.234 e. The highest BCUT2D eigenvalue weighted by atomic mass is 32.2. The molecule has 0 atom stereocenters. The van der Waals surface area contributed by atoms with Crippen LogP contribution in [-0.4, -0.2) is 86.5 Å². The van der Waals surface area contributed by atoms with Gasteiger partial charge < -0.3 is 10.6 Å². The summed E-state index contributed by atoms with van der Waals surface area (Å²) in [6.07, 6.45) is 0.948. The molecule has 116 valence electrons. The molecule has 2 amide bonds. The standard InChI is InChI=1S/C13H26N4O2S/c1-16-6-3-7-17(2)11-13(19)15-5-9-20-8-4-14-12(18)10-16/h3-11H2,1-2H3,(H,14,18)(H,15,19). The van der Waals surface area contributed by atoms with Gasteiger partial charge in [-0.1, -0.05) is 0 Å². The molecule has 0 aromatic heterocycles. The topological polar surface area (TPSA) is 64.7 Å². The molecule has 0 aromatic rings. The third kappa shape index (κ3) is 8.39. The quantitative estimate of drug-likeness (QED) is 0.614. The van der Waals surface area contributed by atoms with Crippen LogP contribution in [0.15, 0.2) is 0 Å². The van der Waals surface area contributed by atoms with E-state index in [4.69, 9.17) is 0 Å². The van der Waals surface area contributed by atoms with Gasteiger partial charge in [0.2, 0.25) is 11.8 Å². The molecule has 0 bridgehead atoms. The molecule has 0 radical (unpaired) electrons. The highest BCUT2D eigenvalue weighted by Gasteiger charge is 2.09. The third-order valence-electron chi connectivity index (χ3n) is 3.04. The Morgan fingerprint density at radius 3 is 1.80 bits per heavy atom. The number of nitrogens with one attached hydrogen (secondary N) is 2. The van der Waals surface area contributed by atoms with Crippen molar-refractivity contribution in [2.75, 3.05) is 64.9 Å². The summed E-state index contributed by atoms with van der Waals surface area (Å²) >= 11 is 1.74. The molecule has 20 heavy (non-hydrogen) atoms. The van der Waals surface area contributed by atoms with Gasteiger partial charge >= 0.3 is 0 Å². The maximum atomic E-state index is 11.7. The Hall–Kier alpha value is -0.790. The van der Waals surface area contributed by atoms with Crippen molar-refractivity contribution in [3.63, 3.8) is 0 Å². The summed E-state index contributed by atoms with van der Waals surface area (Å²) in [6, 6.07) is 0. The lowest BCUT2D eigenvalue weighted by Crippen LogP contribution is -2.39. The second-order valence-electron chi connectivity index (χ2n) is 5.14. The van der Waals surface area contributed by atoms with Gasteiger partial charge in [-0.15, -0.1) is 0 Å². The Balaban J connectivity index is 2.39. The van der Waals surface area contributed by atoms with E-state index in [2.05, 4.69) is 10.6 Å². The first-order valence-electron chi connectivity index (χ1n) is 7.06. The molecule has 0 aliphatic carbocycles. The fourth-order valence-electron chi connectivity index (χ4n) is 2.00. The molecule has 0 saturated carbocycles. The predicted molar refractivity (Wildman–Crippen MR) is 83.0 cm³/mol. The van der Waals surface area contributed by atoms with Crippen LogP contribution in [0.1, 0.15) is 6.42 Å². The van der Waals surface area contributed by atoms with Crippen LogP contribution in [0.4, 0.5) is 0 Å². The number of carbonyl (C=O) groups is 2. The molecule has 1 heterocycles. The van der Waals surface area contributed by atoms with Crippen LogP contribution < -0.4 is 10.6 Å². The zero-order valence-electron chi connectivity index (χ0n) is 12.5. The first-order chi connectivity index (χ1) is 9.58. The number of hydrogen-bond donors (Lipinski definition) is 2. The molecule has 1 aliphatic rings. The zero-order valence-corrected chi connectivity index (χ0v) is 13.3. The molecular formula is C13H26N4O2S. The van der Waals surface area contributed by atoms with Gasteiger partial charge in [0.1, 0.15) is 0 Å². The van der Waals surface area contributed by atoms with E-state index in [1.165, 1.54) is 0 Å². The first-order valence-corrected chi connectivity index (χ1v) is 8.21. The number of likely N-dealkylation sites (N-methyl/N-ethyl adjacent to an activating group) is 2. The van der Waals surface area contributed by atoms with Crippen molar-refractivity contribution in [2.45, 2.75) is 6.42 Å². The van der Waals surface area contributed by atoms with Crippen molar-refractivity contribution >= 4 is 23.6 Å². The molecule has 0 aromatic carbocycles. The minimum Gasteiger partial charge on any atom is -0.354 e. The summed E-state index contributed by atoms with van der Waals surface area (Å²) in [5.74, 6) is 1.93. The number of hydrogen-bond acceptors (Lipinski definition) is 5.